The summed E-state index contributed by atoms with van der Waals surface area (Å²) in [6.07, 6.45) is 1.96. The third kappa shape index (κ3) is 4.85. The van der Waals surface area contributed by atoms with Crippen molar-refractivity contribution in [1.29, 1.82) is 0 Å². The number of rotatable bonds is 7. The molecule has 0 unspecified atom stereocenters. The van der Waals surface area contributed by atoms with Crippen molar-refractivity contribution < 1.29 is 9.21 Å². The van der Waals surface area contributed by atoms with E-state index in [2.05, 4.69) is 39.4 Å². The predicted octanol–water partition coefficient (Wildman–Crippen LogP) is 3.12. The van der Waals surface area contributed by atoms with E-state index < -0.39 is 0 Å². The zero-order valence-electron chi connectivity index (χ0n) is 15.8. The van der Waals surface area contributed by atoms with Gasteiger partial charge in [0.2, 0.25) is 17.7 Å². The van der Waals surface area contributed by atoms with E-state index in [9.17, 15) is 4.79 Å². The summed E-state index contributed by atoms with van der Waals surface area (Å²) in [6, 6.07) is 12.5. The molecule has 7 heteroatoms. The SMILES string of the molecule is O=C(CCc1nnc(-c2ccsc2)o1)N1CCN(CCc2ccccc2)CC1. The van der Waals surface area contributed by atoms with Crippen LogP contribution < -0.4 is 0 Å². The molecule has 0 atom stereocenters. The standard InChI is InChI=1S/C21H24N4O2S/c26-20(7-6-19-22-23-21(27-19)18-9-15-28-16-18)25-13-11-24(12-14-25)10-8-17-4-2-1-3-5-17/h1-5,9,15-16H,6-8,10-14H2. The Morgan fingerprint density at radius 1 is 1.04 bits per heavy atom. The van der Waals surface area contributed by atoms with E-state index in [1.165, 1.54) is 5.56 Å². The van der Waals surface area contributed by atoms with Crippen molar-refractivity contribution in [3.05, 3.63) is 58.6 Å². The second-order valence-electron chi connectivity index (χ2n) is 6.97. The van der Waals surface area contributed by atoms with Crippen molar-refractivity contribution in [2.24, 2.45) is 0 Å². The molecule has 146 valence electrons. The third-order valence-corrected chi connectivity index (χ3v) is 5.76. The smallest absolute Gasteiger partial charge is 0.248 e. The molecule has 0 bridgehead atoms. The van der Waals surface area contributed by atoms with Gasteiger partial charge in [-0.3, -0.25) is 9.69 Å². The molecule has 1 amide bonds. The van der Waals surface area contributed by atoms with Gasteiger partial charge in [-0.2, -0.15) is 11.3 Å². The first-order valence-electron chi connectivity index (χ1n) is 9.67. The number of benzene rings is 1. The first-order valence-corrected chi connectivity index (χ1v) is 10.6. The number of hydrogen-bond acceptors (Lipinski definition) is 6. The lowest BCUT2D eigenvalue weighted by Gasteiger charge is -2.34. The molecule has 4 rings (SSSR count). The fourth-order valence-corrected chi connectivity index (χ4v) is 4.01. The number of carbonyl (C=O) groups excluding carboxylic acids is 1. The Morgan fingerprint density at radius 3 is 2.61 bits per heavy atom. The van der Waals surface area contributed by atoms with Crippen molar-refractivity contribution in [2.45, 2.75) is 19.3 Å². The third-order valence-electron chi connectivity index (χ3n) is 5.07. The summed E-state index contributed by atoms with van der Waals surface area (Å²) in [5, 5.41) is 12.1. The molecular weight excluding hydrogens is 372 g/mol. The van der Waals surface area contributed by atoms with Gasteiger partial charge in [0.1, 0.15) is 0 Å². The molecule has 1 aromatic carbocycles. The quantitative estimate of drug-likeness (QED) is 0.614. The molecule has 0 radical (unpaired) electrons. The Labute approximate surface area is 168 Å². The molecule has 1 aliphatic rings. The largest absolute Gasteiger partial charge is 0.421 e. The molecule has 2 aromatic heterocycles. The second kappa shape index (κ2) is 9.12. The van der Waals surface area contributed by atoms with Gasteiger partial charge < -0.3 is 9.32 Å². The van der Waals surface area contributed by atoms with Crippen LogP contribution in [0.1, 0.15) is 17.9 Å². The van der Waals surface area contributed by atoms with Gasteiger partial charge in [0, 0.05) is 56.5 Å². The highest BCUT2D eigenvalue weighted by molar-refractivity contribution is 7.08. The van der Waals surface area contributed by atoms with E-state index >= 15 is 0 Å². The lowest BCUT2D eigenvalue weighted by molar-refractivity contribution is -0.133. The van der Waals surface area contributed by atoms with Crippen LogP contribution >= 0.6 is 11.3 Å². The van der Waals surface area contributed by atoms with E-state index in [-0.39, 0.29) is 5.91 Å². The fraction of sp³-hybridized carbons (Fsp3) is 0.381. The molecular formula is C21H24N4O2S. The highest BCUT2D eigenvalue weighted by Gasteiger charge is 2.21. The summed E-state index contributed by atoms with van der Waals surface area (Å²) in [6.45, 7) is 4.48. The number of nitrogens with zero attached hydrogens (tertiary/aromatic N) is 4. The van der Waals surface area contributed by atoms with Crippen LogP contribution in [-0.2, 0) is 17.6 Å². The van der Waals surface area contributed by atoms with Crippen molar-refractivity contribution >= 4 is 17.2 Å². The van der Waals surface area contributed by atoms with Gasteiger partial charge in [0.05, 0.1) is 0 Å². The van der Waals surface area contributed by atoms with Gasteiger partial charge in [-0.15, -0.1) is 10.2 Å². The topological polar surface area (TPSA) is 62.5 Å². The zero-order valence-corrected chi connectivity index (χ0v) is 16.6. The Kier molecular flexibility index (Phi) is 6.14. The van der Waals surface area contributed by atoms with E-state index in [1.54, 1.807) is 11.3 Å². The first kappa shape index (κ1) is 18.8. The molecule has 1 aliphatic heterocycles. The summed E-state index contributed by atoms with van der Waals surface area (Å²) in [4.78, 5) is 16.9. The van der Waals surface area contributed by atoms with Gasteiger partial charge in [0.15, 0.2) is 0 Å². The van der Waals surface area contributed by atoms with Gasteiger partial charge in [-0.1, -0.05) is 30.3 Å². The summed E-state index contributed by atoms with van der Waals surface area (Å²) in [5.74, 6) is 1.21. The van der Waals surface area contributed by atoms with Gasteiger partial charge >= 0.3 is 0 Å². The maximum atomic E-state index is 12.5. The van der Waals surface area contributed by atoms with E-state index in [0.717, 1.165) is 44.7 Å². The number of aryl methyl sites for hydroxylation is 1. The fourth-order valence-electron chi connectivity index (χ4n) is 3.38. The van der Waals surface area contributed by atoms with Gasteiger partial charge in [-0.25, -0.2) is 0 Å². The number of carbonyl (C=O) groups is 1. The zero-order chi connectivity index (χ0) is 19.2. The molecule has 28 heavy (non-hydrogen) atoms. The van der Waals surface area contributed by atoms with Crippen LogP contribution in [0.25, 0.3) is 11.5 Å². The Morgan fingerprint density at radius 2 is 1.86 bits per heavy atom. The normalized spacial score (nSPS) is 15.1. The number of aromatic nitrogens is 2. The van der Waals surface area contributed by atoms with E-state index in [0.29, 0.717) is 24.6 Å². The van der Waals surface area contributed by atoms with Crippen molar-refractivity contribution in [3.8, 4) is 11.5 Å². The Balaban J connectivity index is 1.19. The average Bonchev–Trinajstić information content (AvgIpc) is 3.43. The monoisotopic (exact) mass is 396 g/mol. The van der Waals surface area contributed by atoms with Crippen LogP contribution in [0.2, 0.25) is 0 Å². The molecule has 0 N–H and O–H groups in total. The molecule has 1 saturated heterocycles. The molecule has 0 spiro atoms. The summed E-state index contributed by atoms with van der Waals surface area (Å²) < 4.78 is 5.66. The summed E-state index contributed by atoms with van der Waals surface area (Å²) in [7, 11) is 0. The highest BCUT2D eigenvalue weighted by atomic mass is 32.1. The molecule has 6 nitrogen and oxygen atoms in total. The van der Waals surface area contributed by atoms with E-state index in [4.69, 9.17) is 4.42 Å². The minimum Gasteiger partial charge on any atom is -0.421 e. The van der Waals surface area contributed by atoms with Crippen molar-refractivity contribution in [3.63, 3.8) is 0 Å². The van der Waals surface area contributed by atoms with Crippen LogP contribution in [0.4, 0.5) is 0 Å². The van der Waals surface area contributed by atoms with Crippen molar-refractivity contribution in [2.75, 3.05) is 32.7 Å². The van der Waals surface area contributed by atoms with Crippen LogP contribution in [0, 0.1) is 0 Å². The number of amides is 1. The van der Waals surface area contributed by atoms with Crippen LogP contribution in [0.5, 0.6) is 0 Å². The first-order chi connectivity index (χ1) is 13.8. The molecule has 3 aromatic rings. The number of piperazine rings is 1. The van der Waals surface area contributed by atoms with Gasteiger partial charge in [-0.05, 0) is 23.4 Å². The lowest BCUT2D eigenvalue weighted by Crippen LogP contribution is -2.49. The summed E-state index contributed by atoms with van der Waals surface area (Å²) >= 11 is 1.59. The maximum absolute atomic E-state index is 12.5. The second-order valence-corrected chi connectivity index (χ2v) is 7.75. The Hall–Kier alpha value is -2.51. The van der Waals surface area contributed by atoms with Crippen LogP contribution in [0.3, 0.4) is 0 Å². The van der Waals surface area contributed by atoms with Gasteiger partial charge in [0.25, 0.3) is 0 Å². The summed E-state index contributed by atoms with van der Waals surface area (Å²) in [5.41, 5.74) is 2.30. The minimum absolute atomic E-state index is 0.165. The highest BCUT2D eigenvalue weighted by Crippen LogP contribution is 2.21. The molecule has 0 aliphatic carbocycles. The lowest BCUT2D eigenvalue weighted by atomic mass is 10.1. The van der Waals surface area contributed by atoms with Crippen LogP contribution in [0.15, 0.2) is 51.6 Å². The molecule has 0 saturated carbocycles. The average molecular weight is 397 g/mol. The predicted molar refractivity (Wildman–Crippen MR) is 109 cm³/mol. The van der Waals surface area contributed by atoms with E-state index in [1.807, 2.05) is 27.8 Å². The number of hydrogen-bond donors (Lipinski definition) is 0. The molecule has 3 heterocycles. The maximum Gasteiger partial charge on any atom is 0.248 e. The minimum atomic E-state index is 0.165. The molecule has 1 fully saturated rings. The number of thiophene rings is 1. The Bertz CT molecular complexity index is 871. The van der Waals surface area contributed by atoms with Crippen LogP contribution in [-0.4, -0.2) is 58.6 Å². The van der Waals surface area contributed by atoms with Crippen molar-refractivity contribution in [1.82, 2.24) is 20.0 Å².